The number of hydrogen-bond donors (Lipinski definition) is 1. The van der Waals surface area contributed by atoms with Gasteiger partial charge in [0.05, 0.1) is 27.2 Å². The van der Waals surface area contributed by atoms with Gasteiger partial charge in [-0.3, -0.25) is 14.4 Å². The van der Waals surface area contributed by atoms with Crippen molar-refractivity contribution in [1.82, 2.24) is 9.88 Å². The number of carbonyl (C=O) groups is 3. The van der Waals surface area contributed by atoms with Crippen molar-refractivity contribution in [2.45, 2.75) is 26.6 Å². The van der Waals surface area contributed by atoms with E-state index in [0.717, 1.165) is 11.3 Å². The summed E-state index contributed by atoms with van der Waals surface area (Å²) in [5.74, 6) is -0.377. The summed E-state index contributed by atoms with van der Waals surface area (Å²) >= 11 is 1.16. The zero-order valence-electron chi connectivity index (χ0n) is 23.6. The Morgan fingerprint density at radius 3 is 2.70 bits per heavy atom. The first-order valence-electron chi connectivity index (χ1n) is 13.2. The molecule has 4 aromatic rings. The number of carbonyl (C=O) groups excluding carboxylic acids is 3. The van der Waals surface area contributed by atoms with E-state index in [-0.39, 0.29) is 24.4 Å². The summed E-state index contributed by atoms with van der Waals surface area (Å²) in [7, 11) is -0.954. The van der Waals surface area contributed by atoms with Crippen LogP contribution in [0.15, 0.2) is 42.5 Å². The van der Waals surface area contributed by atoms with Gasteiger partial charge in [0.25, 0.3) is 11.8 Å². The number of nitrogens with zero attached hydrogens (tertiary/aromatic N) is 2. The van der Waals surface area contributed by atoms with Crippen molar-refractivity contribution in [3.05, 3.63) is 69.6 Å². The molecule has 37 heavy (non-hydrogen) atoms. The SMILES string of the molecule is [2H]C([2H])([2H])OCc1ccc(C(C)=O)c2sc(C(=O)Nc3ccc4c(C(=O)N5CC(OC)C5)cccc4n3)c(C)c12. The predicted octanol–water partition coefficient (Wildman–Crippen LogP) is 4.83. The normalized spacial score (nSPS) is 15.2. The van der Waals surface area contributed by atoms with Crippen LogP contribution in [0.1, 0.15) is 52.6 Å². The minimum absolute atomic E-state index is 0.0490. The molecule has 1 saturated heterocycles. The molecule has 1 aliphatic heterocycles. The highest BCUT2D eigenvalue weighted by Crippen LogP contribution is 2.37. The first kappa shape index (κ1) is 21.4. The Kier molecular flexibility index (Phi) is 5.80. The van der Waals surface area contributed by atoms with Crippen molar-refractivity contribution in [3.8, 4) is 0 Å². The average Bonchev–Trinajstić information content (AvgIpc) is 3.23. The molecule has 9 heteroatoms. The highest BCUT2D eigenvalue weighted by atomic mass is 32.1. The van der Waals surface area contributed by atoms with E-state index in [9.17, 15) is 14.4 Å². The van der Waals surface area contributed by atoms with E-state index in [2.05, 4.69) is 10.3 Å². The number of rotatable bonds is 7. The van der Waals surface area contributed by atoms with Gasteiger partial charge in [-0.15, -0.1) is 11.3 Å². The van der Waals surface area contributed by atoms with Gasteiger partial charge < -0.3 is 19.7 Å². The number of pyridine rings is 1. The summed E-state index contributed by atoms with van der Waals surface area (Å²) in [6, 6.07) is 12.0. The van der Waals surface area contributed by atoms with E-state index in [4.69, 9.17) is 13.6 Å². The summed E-state index contributed by atoms with van der Waals surface area (Å²) in [6.45, 7) is 4.08. The summed E-state index contributed by atoms with van der Waals surface area (Å²) in [5.41, 5.74) is 2.72. The maximum absolute atomic E-state index is 13.4. The van der Waals surface area contributed by atoms with E-state index in [1.54, 1.807) is 61.4 Å². The van der Waals surface area contributed by atoms with Crippen LogP contribution in [0.5, 0.6) is 0 Å². The zero-order valence-corrected chi connectivity index (χ0v) is 21.4. The number of benzene rings is 2. The Bertz CT molecular complexity index is 1660. The summed E-state index contributed by atoms with van der Waals surface area (Å²) in [5, 5.41) is 4.13. The molecule has 0 saturated carbocycles. The molecule has 5 rings (SSSR count). The van der Waals surface area contributed by atoms with Crippen LogP contribution in [-0.4, -0.2) is 60.8 Å². The number of aryl methyl sites for hydroxylation is 1. The average molecular weight is 521 g/mol. The molecule has 190 valence electrons. The van der Waals surface area contributed by atoms with E-state index in [0.29, 0.717) is 67.0 Å². The lowest BCUT2D eigenvalue weighted by atomic mass is 10.0. The van der Waals surface area contributed by atoms with Crippen LogP contribution in [0.2, 0.25) is 0 Å². The van der Waals surface area contributed by atoms with Gasteiger partial charge in [0.2, 0.25) is 0 Å². The number of amides is 2. The Morgan fingerprint density at radius 1 is 1.16 bits per heavy atom. The molecule has 0 atom stereocenters. The van der Waals surface area contributed by atoms with Gasteiger partial charge in [-0.25, -0.2) is 4.98 Å². The Balaban J connectivity index is 1.44. The third kappa shape index (κ3) is 4.50. The Morgan fingerprint density at radius 2 is 1.97 bits per heavy atom. The molecule has 3 heterocycles. The fraction of sp³-hybridized carbons (Fsp3) is 0.286. The number of fused-ring (bicyclic) bond motifs is 2. The number of hydrogen-bond acceptors (Lipinski definition) is 7. The van der Waals surface area contributed by atoms with Crippen molar-refractivity contribution >= 4 is 55.7 Å². The number of Topliss-reactive ketones (excluding diaryl/α,β-unsaturated/α-hetero) is 1. The van der Waals surface area contributed by atoms with Gasteiger partial charge in [0, 0.05) is 53.8 Å². The summed E-state index contributed by atoms with van der Waals surface area (Å²) in [6.07, 6.45) is 0.0490. The van der Waals surface area contributed by atoms with Gasteiger partial charge in [0.1, 0.15) is 5.82 Å². The number of ether oxygens (including phenoxy) is 2. The van der Waals surface area contributed by atoms with E-state index >= 15 is 0 Å². The number of anilines is 1. The summed E-state index contributed by atoms with van der Waals surface area (Å²) < 4.78 is 33.0. The molecular formula is C28H27N3O5S. The lowest BCUT2D eigenvalue weighted by molar-refractivity contribution is -0.0191. The van der Waals surface area contributed by atoms with Crippen molar-refractivity contribution in [3.63, 3.8) is 0 Å². The first-order valence-corrected chi connectivity index (χ1v) is 12.5. The highest BCUT2D eigenvalue weighted by Gasteiger charge is 2.31. The topological polar surface area (TPSA) is 97.8 Å². The third-order valence-corrected chi connectivity index (χ3v) is 7.97. The van der Waals surface area contributed by atoms with E-state index in [1.165, 1.54) is 6.92 Å². The fourth-order valence-corrected chi connectivity index (χ4v) is 5.94. The van der Waals surface area contributed by atoms with Gasteiger partial charge >= 0.3 is 0 Å². The van der Waals surface area contributed by atoms with Crippen LogP contribution in [-0.2, 0) is 16.1 Å². The molecule has 0 bridgehead atoms. The highest BCUT2D eigenvalue weighted by molar-refractivity contribution is 7.21. The molecule has 2 aromatic carbocycles. The van der Waals surface area contributed by atoms with E-state index < -0.39 is 12.9 Å². The molecule has 1 N–H and O–H groups in total. The second kappa shape index (κ2) is 10.0. The van der Waals surface area contributed by atoms with Crippen molar-refractivity contribution in [1.29, 1.82) is 0 Å². The van der Waals surface area contributed by atoms with Crippen molar-refractivity contribution in [2.75, 3.05) is 32.6 Å². The number of nitrogens with one attached hydrogen (secondary N) is 1. The van der Waals surface area contributed by atoms with Gasteiger partial charge in [-0.2, -0.15) is 0 Å². The number of ketones is 1. The Labute approximate surface area is 222 Å². The molecule has 2 amide bonds. The van der Waals surface area contributed by atoms with Crippen LogP contribution in [0.25, 0.3) is 21.0 Å². The van der Waals surface area contributed by atoms with Crippen LogP contribution < -0.4 is 5.32 Å². The van der Waals surface area contributed by atoms with Gasteiger partial charge in [0.15, 0.2) is 5.78 Å². The minimum Gasteiger partial charge on any atom is -0.380 e. The molecule has 2 aromatic heterocycles. The second-order valence-electron chi connectivity index (χ2n) is 8.97. The second-order valence-corrected chi connectivity index (χ2v) is 9.99. The number of methoxy groups -OCH3 is 2. The molecule has 8 nitrogen and oxygen atoms in total. The fourth-order valence-electron chi connectivity index (χ4n) is 4.63. The maximum atomic E-state index is 13.4. The van der Waals surface area contributed by atoms with Crippen LogP contribution in [0, 0.1) is 6.92 Å². The number of likely N-dealkylation sites (tertiary alicyclic amines) is 1. The van der Waals surface area contributed by atoms with Crippen LogP contribution in [0.4, 0.5) is 5.82 Å². The molecule has 1 aliphatic rings. The Hall–Kier alpha value is -3.66. The predicted molar refractivity (Wildman–Crippen MR) is 144 cm³/mol. The standard InChI is InChI=1S/C28H27N3O5S/c1-15-24-17(14-35-3)8-9-19(16(2)32)26(24)37-25(15)27(33)30-23-11-10-20-21(6-5-7-22(20)29-23)28(34)31-12-18(13-31)36-4/h5-11,18H,12-14H2,1-4H3,(H,29,30,33)/i3D3. The smallest absolute Gasteiger partial charge is 0.267 e. The number of thiophene rings is 1. The van der Waals surface area contributed by atoms with Gasteiger partial charge in [-0.1, -0.05) is 12.1 Å². The zero-order chi connectivity index (χ0) is 28.8. The number of aromatic nitrogens is 1. The minimum atomic E-state index is -2.58. The summed E-state index contributed by atoms with van der Waals surface area (Å²) in [4.78, 5) is 45.3. The quantitative estimate of drug-likeness (QED) is 0.351. The lowest BCUT2D eigenvalue weighted by Crippen LogP contribution is -2.54. The van der Waals surface area contributed by atoms with Crippen LogP contribution in [0.3, 0.4) is 0 Å². The molecular weight excluding hydrogens is 490 g/mol. The monoisotopic (exact) mass is 520 g/mol. The van der Waals surface area contributed by atoms with Gasteiger partial charge in [-0.05, 0) is 55.3 Å². The lowest BCUT2D eigenvalue weighted by Gasteiger charge is -2.38. The molecule has 1 fully saturated rings. The molecule has 0 aliphatic carbocycles. The first-order chi connectivity index (χ1) is 19.0. The van der Waals surface area contributed by atoms with Crippen LogP contribution >= 0.6 is 11.3 Å². The third-order valence-electron chi connectivity index (χ3n) is 6.65. The largest absolute Gasteiger partial charge is 0.380 e. The molecule has 0 radical (unpaired) electrons. The van der Waals surface area contributed by atoms with Crippen molar-refractivity contribution in [2.24, 2.45) is 0 Å². The van der Waals surface area contributed by atoms with E-state index in [1.807, 2.05) is 0 Å². The molecule has 0 spiro atoms. The molecule has 0 unspecified atom stereocenters. The van der Waals surface area contributed by atoms with Crippen molar-refractivity contribution < 1.29 is 28.0 Å². The maximum Gasteiger partial charge on any atom is 0.267 e.